The van der Waals surface area contributed by atoms with Gasteiger partial charge in [-0.3, -0.25) is 0 Å². The number of hydrogen-bond acceptors (Lipinski definition) is 2. The minimum Gasteiger partial charge on any atom is -0.497 e. The van der Waals surface area contributed by atoms with Gasteiger partial charge in [-0.2, -0.15) is 0 Å². The molecular formula is C28H22O2. The molecule has 4 aromatic rings. The van der Waals surface area contributed by atoms with E-state index in [9.17, 15) is 0 Å². The molecule has 0 bridgehead atoms. The van der Waals surface area contributed by atoms with Crippen LogP contribution < -0.4 is 9.47 Å². The van der Waals surface area contributed by atoms with Crippen LogP contribution in [0.15, 0.2) is 97.1 Å². The Morgan fingerprint density at radius 2 is 0.867 bits per heavy atom. The number of rotatable bonds is 4. The van der Waals surface area contributed by atoms with Gasteiger partial charge in [-0.05, 0) is 70.8 Å². The van der Waals surface area contributed by atoms with Gasteiger partial charge < -0.3 is 9.47 Å². The van der Waals surface area contributed by atoms with E-state index in [4.69, 9.17) is 9.47 Å². The van der Waals surface area contributed by atoms with Crippen LogP contribution in [0.5, 0.6) is 11.5 Å². The van der Waals surface area contributed by atoms with Crippen LogP contribution in [0.3, 0.4) is 0 Å². The van der Waals surface area contributed by atoms with Crippen LogP contribution in [0.1, 0.15) is 11.1 Å². The first kappa shape index (κ1) is 19.4. The van der Waals surface area contributed by atoms with Crippen LogP contribution in [-0.2, 0) is 0 Å². The van der Waals surface area contributed by atoms with Crippen LogP contribution >= 0.6 is 0 Å². The summed E-state index contributed by atoms with van der Waals surface area (Å²) in [6.07, 6.45) is 0. The third kappa shape index (κ3) is 4.54. The maximum absolute atomic E-state index is 5.24. The van der Waals surface area contributed by atoms with E-state index in [0.717, 1.165) is 44.9 Å². The highest BCUT2D eigenvalue weighted by atomic mass is 16.5. The average Bonchev–Trinajstić information content (AvgIpc) is 2.83. The molecule has 0 aliphatic heterocycles. The highest BCUT2D eigenvalue weighted by Crippen LogP contribution is 2.24. The van der Waals surface area contributed by atoms with Gasteiger partial charge in [-0.25, -0.2) is 0 Å². The Bertz CT molecular complexity index is 1100. The molecule has 0 saturated heterocycles. The van der Waals surface area contributed by atoms with Crippen molar-refractivity contribution in [2.45, 2.75) is 0 Å². The summed E-state index contributed by atoms with van der Waals surface area (Å²) in [5, 5.41) is 0. The van der Waals surface area contributed by atoms with Crippen molar-refractivity contribution in [2.75, 3.05) is 14.2 Å². The van der Waals surface area contributed by atoms with Gasteiger partial charge in [0.15, 0.2) is 0 Å². The molecule has 2 nitrogen and oxygen atoms in total. The summed E-state index contributed by atoms with van der Waals surface area (Å²) in [6.45, 7) is 0. The van der Waals surface area contributed by atoms with E-state index in [2.05, 4.69) is 60.4 Å². The number of ether oxygens (including phenoxy) is 2. The molecule has 0 spiro atoms. The predicted octanol–water partition coefficient (Wildman–Crippen LogP) is 6.44. The third-order valence-electron chi connectivity index (χ3n) is 4.92. The smallest absolute Gasteiger partial charge is 0.118 e. The molecule has 0 fully saturated rings. The van der Waals surface area contributed by atoms with E-state index in [-0.39, 0.29) is 0 Å². The van der Waals surface area contributed by atoms with Gasteiger partial charge in [0.05, 0.1) is 14.2 Å². The Labute approximate surface area is 177 Å². The van der Waals surface area contributed by atoms with Crippen molar-refractivity contribution in [3.8, 4) is 45.6 Å². The summed E-state index contributed by atoms with van der Waals surface area (Å²) in [6, 6.07) is 32.7. The van der Waals surface area contributed by atoms with Crippen LogP contribution in [0, 0.1) is 11.8 Å². The van der Waals surface area contributed by atoms with E-state index in [0.29, 0.717) is 0 Å². The third-order valence-corrected chi connectivity index (χ3v) is 4.92. The molecule has 4 rings (SSSR count). The van der Waals surface area contributed by atoms with Gasteiger partial charge in [0, 0.05) is 11.1 Å². The Morgan fingerprint density at radius 1 is 0.467 bits per heavy atom. The van der Waals surface area contributed by atoms with Gasteiger partial charge >= 0.3 is 0 Å². The molecule has 0 atom stereocenters. The zero-order chi connectivity index (χ0) is 20.8. The van der Waals surface area contributed by atoms with Crippen LogP contribution in [0.2, 0.25) is 0 Å². The molecule has 4 aromatic carbocycles. The van der Waals surface area contributed by atoms with E-state index < -0.39 is 0 Å². The normalized spacial score (nSPS) is 10.1. The zero-order valence-electron chi connectivity index (χ0n) is 17.1. The molecule has 0 N–H and O–H groups in total. The lowest BCUT2D eigenvalue weighted by Gasteiger charge is -2.05. The van der Waals surface area contributed by atoms with Crippen molar-refractivity contribution >= 4 is 0 Å². The van der Waals surface area contributed by atoms with E-state index in [1.165, 1.54) is 0 Å². The molecule has 0 aliphatic carbocycles. The number of methoxy groups -OCH3 is 2. The van der Waals surface area contributed by atoms with Crippen molar-refractivity contribution in [1.29, 1.82) is 0 Å². The second-order valence-electron chi connectivity index (χ2n) is 6.87. The summed E-state index contributed by atoms with van der Waals surface area (Å²) < 4.78 is 10.5. The molecule has 2 heteroatoms. The Morgan fingerprint density at radius 3 is 1.23 bits per heavy atom. The van der Waals surface area contributed by atoms with E-state index in [1.807, 2.05) is 48.5 Å². The molecule has 146 valence electrons. The van der Waals surface area contributed by atoms with Gasteiger partial charge in [-0.1, -0.05) is 60.4 Å². The minimum atomic E-state index is 0.853. The van der Waals surface area contributed by atoms with Crippen molar-refractivity contribution in [1.82, 2.24) is 0 Å². The first-order valence-corrected chi connectivity index (χ1v) is 9.76. The standard InChI is InChI=1S/C28H22O2/c1-29-27-15-11-23(12-16-27)25-7-3-5-21(19-25)9-10-22-6-4-8-26(20-22)24-13-17-28(30-2)18-14-24/h3-8,11-20H,1-2H3. The fourth-order valence-corrected chi connectivity index (χ4v) is 3.26. The predicted molar refractivity (Wildman–Crippen MR) is 123 cm³/mol. The average molecular weight is 390 g/mol. The fourth-order valence-electron chi connectivity index (χ4n) is 3.26. The summed E-state index contributed by atoms with van der Waals surface area (Å²) >= 11 is 0. The fraction of sp³-hybridized carbons (Fsp3) is 0.0714. The van der Waals surface area contributed by atoms with Crippen molar-refractivity contribution in [2.24, 2.45) is 0 Å². The summed E-state index contributed by atoms with van der Waals surface area (Å²) in [5.74, 6) is 8.30. The lowest BCUT2D eigenvalue weighted by molar-refractivity contribution is 0.415. The molecule has 0 aromatic heterocycles. The Hall–Kier alpha value is -3.96. The lowest BCUT2D eigenvalue weighted by atomic mass is 10.0. The number of benzene rings is 4. The first-order valence-electron chi connectivity index (χ1n) is 9.76. The van der Waals surface area contributed by atoms with Gasteiger partial charge in [0.1, 0.15) is 11.5 Å². The van der Waals surface area contributed by atoms with E-state index in [1.54, 1.807) is 14.2 Å². The molecule has 0 heterocycles. The molecule has 0 radical (unpaired) electrons. The summed E-state index contributed by atoms with van der Waals surface area (Å²) in [7, 11) is 3.35. The topological polar surface area (TPSA) is 18.5 Å². The van der Waals surface area contributed by atoms with Gasteiger partial charge in [-0.15, -0.1) is 0 Å². The maximum Gasteiger partial charge on any atom is 0.118 e. The Balaban J connectivity index is 1.57. The van der Waals surface area contributed by atoms with E-state index >= 15 is 0 Å². The quantitative estimate of drug-likeness (QED) is 0.373. The second-order valence-corrected chi connectivity index (χ2v) is 6.87. The second kappa shape index (κ2) is 9.03. The molecule has 0 amide bonds. The van der Waals surface area contributed by atoms with Crippen LogP contribution in [-0.4, -0.2) is 14.2 Å². The lowest BCUT2D eigenvalue weighted by Crippen LogP contribution is -1.84. The van der Waals surface area contributed by atoms with Crippen molar-refractivity contribution < 1.29 is 9.47 Å². The Kier molecular flexibility index (Phi) is 5.83. The van der Waals surface area contributed by atoms with Gasteiger partial charge in [0.2, 0.25) is 0 Å². The summed E-state index contributed by atoms with van der Waals surface area (Å²) in [5.41, 5.74) is 6.52. The number of hydrogen-bond donors (Lipinski definition) is 0. The van der Waals surface area contributed by atoms with Gasteiger partial charge in [0.25, 0.3) is 0 Å². The molecule has 30 heavy (non-hydrogen) atoms. The zero-order valence-corrected chi connectivity index (χ0v) is 17.1. The summed E-state index contributed by atoms with van der Waals surface area (Å²) in [4.78, 5) is 0. The largest absolute Gasteiger partial charge is 0.497 e. The molecule has 0 unspecified atom stereocenters. The van der Waals surface area contributed by atoms with Crippen molar-refractivity contribution in [3.63, 3.8) is 0 Å². The van der Waals surface area contributed by atoms with Crippen LogP contribution in [0.4, 0.5) is 0 Å². The first-order chi connectivity index (χ1) is 14.7. The highest BCUT2D eigenvalue weighted by Gasteiger charge is 2.01. The van der Waals surface area contributed by atoms with Crippen LogP contribution in [0.25, 0.3) is 22.3 Å². The van der Waals surface area contributed by atoms with Crippen molar-refractivity contribution in [3.05, 3.63) is 108 Å². The monoisotopic (exact) mass is 390 g/mol. The minimum absolute atomic E-state index is 0.853. The maximum atomic E-state index is 5.24. The molecule has 0 saturated carbocycles. The SMILES string of the molecule is COc1ccc(-c2cccc(C#Cc3cccc(-c4ccc(OC)cc4)c3)c2)cc1. The molecular weight excluding hydrogens is 368 g/mol. The highest BCUT2D eigenvalue weighted by molar-refractivity contribution is 5.68. The molecule has 0 aliphatic rings.